The lowest BCUT2D eigenvalue weighted by Crippen LogP contribution is -2.04. The Morgan fingerprint density at radius 3 is 2.82 bits per heavy atom. The first-order valence-corrected chi connectivity index (χ1v) is 5.14. The van der Waals surface area contributed by atoms with Crippen molar-refractivity contribution in [2.24, 2.45) is 5.92 Å². The first-order chi connectivity index (χ1) is 5.31. The third-order valence-corrected chi connectivity index (χ3v) is 2.73. The smallest absolute Gasteiger partial charge is 0.0470 e. The highest BCUT2D eigenvalue weighted by Gasteiger charge is 1.98. The van der Waals surface area contributed by atoms with Gasteiger partial charge in [0.15, 0.2) is 0 Å². The Morgan fingerprint density at radius 2 is 2.27 bits per heavy atom. The Kier molecular flexibility index (Phi) is 8.57. The van der Waals surface area contributed by atoms with Gasteiger partial charge in [-0.05, 0) is 23.8 Å². The van der Waals surface area contributed by atoms with Crippen molar-refractivity contribution in [2.45, 2.75) is 13.3 Å². The molecule has 68 valence electrons. The first kappa shape index (κ1) is 11.3. The zero-order valence-electron chi connectivity index (χ0n) is 7.38. The average molecular weight is 178 g/mol. The van der Waals surface area contributed by atoms with Crippen LogP contribution in [0.5, 0.6) is 0 Å². The molecule has 0 bridgehead atoms. The normalized spacial score (nSPS) is 13.4. The van der Waals surface area contributed by atoms with E-state index in [1.807, 2.05) is 11.8 Å². The molecule has 0 heterocycles. The largest absolute Gasteiger partial charge is 0.396 e. The van der Waals surface area contributed by atoms with E-state index < -0.39 is 0 Å². The number of aliphatic hydroxyl groups excluding tert-OH is 1. The van der Waals surface area contributed by atoms with Gasteiger partial charge in [-0.1, -0.05) is 6.92 Å². The summed E-state index contributed by atoms with van der Waals surface area (Å²) in [4.78, 5) is 0. The lowest BCUT2D eigenvalue weighted by atomic mass is 10.2. The molecule has 0 aliphatic heterocycles. The van der Waals surface area contributed by atoms with Crippen LogP contribution in [-0.4, -0.2) is 36.9 Å². The first-order valence-electron chi connectivity index (χ1n) is 3.98. The van der Waals surface area contributed by atoms with E-state index in [0.717, 1.165) is 24.5 Å². The molecule has 1 atom stereocenters. The fourth-order valence-electron chi connectivity index (χ4n) is 0.643. The summed E-state index contributed by atoms with van der Waals surface area (Å²) in [5.74, 6) is 2.63. The van der Waals surface area contributed by atoms with Crippen molar-refractivity contribution < 1.29 is 9.84 Å². The molecule has 0 aliphatic carbocycles. The van der Waals surface area contributed by atoms with Gasteiger partial charge in [0.05, 0.1) is 0 Å². The molecule has 0 saturated heterocycles. The lowest BCUT2D eigenvalue weighted by molar-refractivity contribution is 0.200. The molecule has 0 saturated carbocycles. The molecule has 0 aromatic heterocycles. The molecule has 1 N–H and O–H groups in total. The Morgan fingerprint density at radius 1 is 1.55 bits per heavy atom. The zero-order chi connectivity index (χ0) is 8.53. The number of rotatable bonds is 7. The predicted octanol–water partition coefficient (Wildman–Crippen LogP) is 1.38. The highest BCUT2D eigenvalue weighted by atomic mass is 32.2. The number of ether oxygens (including phenoxy) is 1. The average Bonchev–Trinajstić information content (AvgIpc) is 2.04. The summed E-state index contributed by atoms with van der Waals surface area (Å²) in [6.07, 6.45) is 1.11. The monoisotopic (exact) mass is 178 g/mol. The molecular formula is C8H18O2S. The fraction of sp³-hybridized carbons (Fsp3) is 1.00. The van der Waals surface area contributed by atoms with Crippen molar-refractivity contribution in [3.63, 3.8) is 0 Å². The molecular weight excluding hydrogens is 160 g/mol. The van der Waals surface area contributed by atoms with E-state index >= 15 is 0 Å². The molecule has 0 fully saturated rings. The third-order valence-electron chi connectivity index (χ3n) is 1.35. The van der Waals surface area contributed by atoms with Crippen LogP contribution in [0.2, 0.25) is 0 Å². The SMILES string of the molecule is COCCCSCC(C)CO. The minimum atomic E-state index is 0.303. The van der Waals surface area contributed by atoms with Crippen LogP contribution in [0, 0.1) is 5.92 Å². The van der Waals surface area contributed by atoms with Gasteiger partial charge in [-0.15, -0.1) is 0 Å². The Hall–Kier alpha value is 0.270. The molecule has 0 radical (unpaired) electrons. The molecule has 11 heavy (non-hydrogen) atoms. The van der Waals surface area contributed by atoms with Crippen LogP contribution >= 0.6 is 11.8 Å². The van der Waals surface area contributed by atoms with Crippen LogP contribution in [0.3, 0.4) is 0 Å². The molecule has 0 amide bonds. The topological polar surface area (TPSA) is 29.5 Å². The molecule has 0 aromatic rings. The summed E-state index contributed by atoms with van der Waals surface area (Å²) in [6, 6.07) is 0. The summed E-state index contributed by atoms with van der Waals surface area (Å²) in [5, 5.41) is 8.70. The van der Waals surface area contributed by atoms with Crippen molar-refractivity contribution in [2.75, 3.05) is 31.8 Å². The van der Waals surface area contributed by atoms with E-state index in [4.69, 9.17) is 9.84 Å². The third kappa shape index (κ3) is 8.17. The van der Waals surface area contributed by atoms with E-state index in [9.17, 15) is 0 Å². The number of hydrogen-bond donors (Lipinski definition) is 1. The van der Waals surface area contributed by atoms with E-state index in [1.165, 1.54) is 0 Å². The van der Waals surface area contributed by atoms with Crippen molar-refractivity contribution in [3.05, 3.63) is 0 Å². The van der Waals surface area contributed by atoms with Gasteiger partial charge in [-0.2, -0.15) is 11.8 Å². The van der Waals surface area contributed by atoms with E-state index in [2.05, 4.69) is 6.92 Å². The standard InChI is InChI=1S/C8H18O2S/c1-8(6-9)7-11-5-3-4-10-2/h8-9H,3-7H2,1-2H3. The van der Waals surface area contributed by atoms with Gasteiger partial charge >= 0.3 is 0 Å². The van der Waals surface area contributed by atoms with Crippen molar-refractivity contribution in [3.8, 4) is 0 Å². The molecule has 0 aromatic carbocycles. The van der Waals surface area contributed by atoms with Gasteiger partial charge in [0.25, 0.3) is 0 Å². The molecule has 2 nitrogen and oxygen atoms in total. The van der Waals surface area contributed by atoms with Gasteiger partial charge in [-0.3, -0.25) is 0 Å². The maximum absolute atomic E-state index is 8.70. The second-order valence-electron chi connectivity index (χ2n) is 2.71. The molecule has 1 unspecified atom stereocenters. The maximum atomic E-state index is 8.70. The summed E-state index contributed by atoms with van der Waals surface area (Å²) in [7, 11) is 1.72. The van der Waals surface area contributed by atoms with E-state index in [0.29, 0.717) is 12.5 Å². The number of methoxy groups -OCH3 is 1. The van der Waals surface area contributed by atoms with Crippen LogP contribution in [0.4, 0.5) is 0 Å². The van der Waals surface area contributed by atoms with Crippen LogP contribution in [0.15, 0.2) is 0 Å². The van der Waals surface area contributed by atoms with Crippen LogP contribution < -0.4 is 0 Å². The number of aliphatic hydroxyl groups is 1. The maximum Gasteiger partial charge on any atom is 0.0470 e. The van der Waals surface area contributed by atoms with Gasteiger partial charge in [0, 0.05) is 20.3 Å². The van der Waals surface area contributed by atoms with Gasteiger partial charge in [-0.25, -0.2) is 0 Å². The molecule has 0 rings (SSSR count). The number of thioether (sulfide) groups is 1. The van der Waals surface area contributed by atoms with Gasteiger partial charge < -0.3 is 9.84 Å². The molecule has 3 heteroatoms. The van der Waals surface area contributed by atoms with Crippen LogP contribution in [0.25, 0.3) is 0 Å². The summed E-state index contributed by atoms with van der Waals surface area (Å²) in [6.45, 7) is 3.21. The zero-order valence-corrected chi connectivity index (χ0v) is 8.19. The summed E-state index contributed by atoms with van der Waals surface area (Å²) < 4.78 is 4.91. The Bertz CT molecular complexity index is 78.5. The quantitative estimate of drug-likeness (QED) is 0.597. The van der Waals surface area contributed by atoms with Crippen LogP contribution in [0.1, 0.15) is 13.3 Å². The minimum Gasteiger partial charge on any atom is -0.396 e. The second-order valence-corrected chi connectivity index (χ2v) is 3.86. The van der Waals surface area contributed by atoms with Crippen molar-refractivity contribution in [1.29, 1.82) is 0 Å². The molecule has 0 spiro atoms. The Labute approximate surface area is 73.3 Å². The number of hydrogen-bond acceptors (Lipinski definition) is 3. The summed E-state index contributed by atoms with van der Waals surface area (Å²) >= 11 is 1.89. The molecule has 0 aliphatic rings. The van der Waals surface area contributed by atoms with E-state index in [1.54, 1.807) is 7.11 Å². The second kappa shape index (κ2) is 8.37. The van der Waals surface area contributed by atoms with Crippen molar-refractivity contribution >= 4 is 11.8 Å². The van der Waals surface area contributed by atoms with Crippen LogP contribution in [-0.2, 0) is 4.74 Å². The highest BCUT2D eigenvalue weighted by molar-refractivity contribution is 7.99. The summed E-state index contributed by atoms with van der Waals surface area (Å²) in [5.41, 5.74) is 0. The fourth-order valence-corrected chi connectivity index (χ4v) is 1.64. The highest BCUT2D eigenvalue weighted by Crippen LogP contribution is 2.08. The Balaban J connectivity index is 2.89. The minimum absolute atomic E-state index is 0.303. The predicted molar refractivity (Wildman–Crippen MR) is 50.1 cm³/mol. The van der Waals surface area contributed by atoms with Gasteiger partial charge in [0.1, 0.15) is 0 Å². The van der Waals surface area contributed by atoms with Crippen molar-refractivity contribution in [1.82, 2.24) is 0 Å². The lowest BCUT2D eigenvalue weighted by Gasteiger charge is -2.06. The van der Waals surface area contributed by atoms with Gasteiger partial charge in [0.2, 0.25) is 0 Å². The van der Waals surface area contributed by atoms with E-state index in [-0.39, 0.29) is 0 Å².